The quantitative estimate of drug-likeness (QED) is 0.824. The lowest BCUT2D eigenvalue weighted by molar-refractivity contribution is 0.0891. The first-order chi connectivity index (χ1) is 13.5. The van der Waals surface area contributed by atoms with Gasteiger partial charge in [-0.3, -0.25) is 4.79 Å². The van der Waals surface area contributed by atoms with Gasteiger partial charge in [0, 0.05) is 29.7 Å². The van der Waals surface area contributed by atoms with Gasteiger partial charge in [-0.1, -0.05) is 29.8 Å². The van der Waals surface area contributed by atoms with Gasteiger partial charge >= 0.3 is 6.09 Å². The van der Waals surface area contributed by atoms with E-state index < -0.39 is 0 Å². The van der Waals surface area contributed by atoms with Crippen molar-refractivity contribution >= 4 is 23.6 Å². The van der Waals surface area contributed by atoms with Crippen LogP contribution in [0.15, 0.2) is 48.5 Å². The standard InChI is InChI=1S/C21H23ClN2O4/c1-27-21(26)24-10-8-18(9-11-24)23-20(25)16-5-3-7-19(13-16)28-14-15-4-2-6-17(22)12-15/h2-7,12-13,18H,8-11,14H2,1H3,(H,23,25). The molecule has 2 aromatic carbocycles. The van der Waals surface area contributed by atoms with Gasteiger partial charge in [-0.2, -0.15) is 0 Å². The van der Waals surface area contributed by atoms with Gasteiger partial charge in [-0.15, -0.1) is 0 Å². The summed E-state index contributed by atoms with van der Waals surface area (Å²) in [5.41, 5.74) is 1.50. The number of rotatable bonds is 5. The van der Waals surface area contributed by atoms with Crippen LogP contribution in [0.1, 0.15) is 28.8 Å². The van der Waals surface area contributed by atoms with Crippen molar-refractivity contribution in [3.05, 3.63) is 64.7 Å². The molecule has 1 aliphatic heterocycles. The molecule has 0 unspecified atom stereocenters. The zero-order valence-corrected chi connectivity index (χ0v) is 16.4. The molecule has 0 spiro atoms. The van der Waals surface area contributed by atoms with Crippen molar-refractivity contribution in [3.8, 4) is 5.75 Å². The van der Waals surface area contributed by atoms with E-state index in [4.69, 9.17) is 21.1 Å². The zero-order chi connectivity index (χ0) is 19.9. The van der Waals surface area contributed by atoms with Gasteiger partial charge in [0.15, 0.2) is 0 Å². The minimum absolute atomic E-state index is 0.0319. The van der Waals surface area contributed by atoms with Crippen molar-refractivity contribution < 1.29 is 19.1 Å². The first kappa shape index (κ1) is 20.0. The van der Waals surface area contributed by atoms with E-state index in [1.165, 1.54) is 7.11 Å². The summed E-state index contributed by atoms with van der Waals surface area (Å²) in [6, 6.07) is 14.6. The monoisotopic (exact) mass is 402 g/mol. The van der Waals surface area contributed by atoms with E-state index in [2.05, 4.69) is 5.32 Å². The lowest BCUT2D eigenvalue weighted by atomic mass is 10.0. The highest BCUT2D eigenvalue weighted by atomic mass is 35.5. The molecule has 0 radical (unpaired) electrons. The predicted molar refractivity (Wildman–Crippen MR) is 107 cm³/mol. The van der Waals surface area contributed by atoms with Gasteiger partial charge in [0.1, 0.15) is 12.4 Å². The number of likely N-dealkylation sites (tertiary alicyclic amines) is 1. The first-order valence-corrected chi connectivity index (χ1v) is 9.54. The van der Waals surface area contributed by atoms with Crippen LogP contribution < -0.4 is 10.1 Å². The Kier molecular flexibility index (Phi) is 6.76. The Bertz CT molecular complexity index is 835. The molecular formula is C21H23ClN2O4. The van der Waals surface area contributed by atoms with Crippen LogP contribution in [0.5, 0.6) is 5.75 Å². The van der Waals surface area contributed by atoms with E-state index in [0.29, 0.717) is 48.9 Å². The lowest BCUT2D eigenvalue weighted by Crippen LogP contribution is -2.46. The highest BCUT2D eigenvalue weighted by Crippen LogP contribution is 2.18. The molecule has 0 saturated carbocycles. The molecule has 28 heavy (non-hydrogen) atoms. The second-order valence-electron chi connectivity index (χ2n) is 6.65. The summed E-state index contributed by atoms with van der Waals surface area (Å²) in [5, 5.41) is 3.69. The number of benzene rings is 2. The summed E-state index contributed by atoms with van der Waals surface area (Å²) in [7, 11) is 1.37. The number of piperidine rings is 1. The number of carbonyl (C=O) groups excluding carboxylic acids is 2. The fourth-order valence-electron chi connectivity index (χ4n) is 3.12. The normalized spacial score (nSPS) is 14.4. The van der Waals surface area contributed by atoms with Crippen molar-refractivity contribution in [3.63, 3.8) is 0 Å². The highest BCUT2D eigenvalue weighted by Gasteiger charge is 2.24. The third-order valence-electron chi connectivity index (χ3n) is 4.65. The summed E-state index contributed by atoms with van der Waals surface area (Å²) >= 11 is 5.98. The third-order valence-corrected chi connectivity index (χ3v) is 4.89. The van der Waals surface area contributed by atoms with Crippen LogP contribution in [0.2, 0.25) is 5.02 Å². The van der Waals surface area contributed by atoms with Gasteiger partial charge in [0.2, 0.25) is 0 Å². The Morgan fingerprint density at radius 3 is 2.61 bits per heavy atom. The number of ether oxygens (including phenoxy) is 2. The molecule has 148 valence electrons. The topological polar surface area (TPSA) is 67.9 Å². The van der Waals surface area contributed by atoms with Gasteiger partial charge < -0.3 is 19.7 Å². The van der Waals surface area contributed by atoms with Crippen LogP contribution in [0, 0.1) is 0 Å². The number of amides is 2. The Morgan fingerprint density at radius 1 is 1.14 bits per heavy atom. The molecule has 1 fully saturated rings. The molecule has 2 amide bonds. The zero-order valence-electron chi connectivity index (χ0n) is 15.7. The maximum atomic E-state index is 12.6. The lowest BCUT2D eigenvalue weighted by Gasteiger charge is -2.31. The predicted octanol–water partition coefficient (Wildman–Crippen LogP) is 3.88. The fourth-order valence-corrected chi connectivity index (χ4v) is 3.34. The van der Waals surface area contributed by atoms with E-state index in [9.17, 15) is 9.59 Å². The molecule has 0 aliphatic carbocycles. The molecule has 2 aromatic rings. The van der Waals surface area contributed by atoms with Gasteiger partial charge in [-0.05, 0) is 48.7 Å². The third kappa shape index (κ3) is 5.39. The summed E-state index contributed by atoms with van der Waals surface area (Å²) in [6.45, 7) is 1.51. The van der Waals surface area contributed by atoms with Crippen LogP contribution in [-0.2, 0) is 11.3 Å². The molecule has 1 saturated heterocycles. The minimum atomic E-state index is -0.325. The van der Waals surface area contributed by atoms with Crippen molar-refractivity contribution in [1.29, 1.82) is 0 Å². The van der Waals surface area contributed by atoms with Crippen LogP contribution in [-0.4, -0.2) is 43.1 Å². The molecule has 0 aromatic heterocycles. The van der Waals surface area contributed by atoms with E-state index in [1.54, 1.807) is 23.1 Å². The minimum Gasteiger partial charge on any atom is -0.489 e. The van der Waals surface area contributed by atoms with E-state index in [-0.39, 0.29) is 18.0 Å². The summed E-state index contributed by atoms with van der Waals surface area (Å²) in [6.07, 6.45) is 1.08. The van der Waals surface area contributed by atoms with Gasteiger partial charge in [0.25, 0.3) is 5.91 Å². The average molecular weight is 403 g/mol. The maximum absolute atomic E-state index is 12.6. The Balaban J connectivity index is 1.53. The molecule has 0 bridgehead atoms. The summed E-state index contributed by atoms with van der Waals surface area (Å²) < 4.78 is 10.5. The van der Waals surface area contributed by atoms with Gasteiger partial charge in [-0.25, -0.2) is 4.79 Å². The van der Waals surface area contributed by atoms with Crippen LogP contribution in [0.4, 0.5) is 4.79 Å². The molecule has 1 N–H and O–H groups in total. The van der Waals surface area contributed by atoms with Crippen molar-refractivity contribution in [2.75, 3.05) is 20.2 Å². The largest absolute Gasteiger partial charge is 0.489 e. The first-order valence-electron chi connectivity index (χ1n) is 9.16. The Hall–Kier alpha value is -2.73. The number of halogens is 1. The second-order valence-corrected chi connectivity index (χ2v) is 7.09. The fraction of sp³-hybridized carbons (Fsp3) is 0.333. The van der Waals surface area contributed by atoms with Crippen molar-refractivity contribution in [2.24, 2.45) is 0 Å². The number of nitrogens with zero attached hydrogens (tertiary/aromatic N) is 1. The number of nitrogens with one attached hydrogen (secondary N) is 1. The smallest absolute Gasteiger partial charge is 0.409 e. The number of methoxy groups -OCH3 is 1. The molecule has 1 aliphatic rings. The molecule has 7 heteroatoms. The van der Waals surface area contributed by atoms with E-state index in [1.807, 2.05) is 30.3 Å². The SMILES string of the molecule is COC(=O)N1CCC(NC(=O)c2cccc(OCc3cccc(Cl)c3)c2)CC1. The molecule has 0 atom stereocenters. The van der Waals surface area contributed by atoms with Crippen LogP contribution >= 0.6 is 11.6 Å². The maximum Gasteiger partial charge on any atom is 0.409 e. The number of hydrogen-bond acceptors (Lipinski definition) is 4. The molecule has 6 nitrogen and oxygen atoms in total. The van der Waals surface area contributed by atoms with Crippen LogP contribution in [0.3, 0.4) is 0 Å². The number of carbonyl (C=O) groups is 2. The van der Waals surface area contributed by atoms with Crippen molar-refractivity contribution in [1.82, 2.24) is 10.2 Å². The van der Waals surface area contributed by atoms with E-state index >= 15 is 0 Å². The summed E-state index contributed by atoms with van der Waals surface area (Å²) in [5.74, 6) is 0.470. The molecule has 1 heterocycles. The molecule has 3 rings (SSSR count). The Morgan fingerprint density at radius 2 is 1.89 bits per heavy atom. The average Bonchev–Trinajstić information content (AvgIpc) is 2.72. The Labute approximate surface area is 169 Å². The van der Waals surface area contributed by atoms with Gasteiger partial charge in [0.05, 0.1) is 7.11 Å². The second kappa shape index (κ2) is 9.46. The molecular weight excluding hydrogens is 380 g/mol. The van der Waals surface area contributed by atoms with Crippen molar-refractivity contribution in [2.45, 2.75) is 25.5 Å². The van der Waals surface area contributed by atoms with Crippen LogP contribution in [0.25, 0.3) is 0 Å². The highest BCUT2D eigenvalue weighted by molar-refractivity contribution is 6.30. The number of hydrogen-bond donors (Lipinski definition) is 1. The summed E-state index contributed by atoms with van der Waals surface area (Å²) in [4.78, 5) is 25.7. The van der Waals surface area contributed by atoms with E-state index in [0.717, 1.165) is 5.56 Å².